The highest BCUT2D eigenvalue weighted by molar-refractivity contribution is 6.03. The highest BCUT2D eigenvalue weighted by Gasteiger charge is 2.57. The van der Waals surface area contributed by atoms with Crippen molar-refractivity contribution >= 4 is 23.8 Å². The Morgan fingerprint density at radius 1 is 0.875 bits per heavy atom. The number of para-hydroxylation sites is 1. The van der Waals surface area contributed by atoms with Gasteiger partial charge in [-0.1, -0.05) is 30.3 Å². The predicted octanol–water partition coefficient (Wildman–Crippen LogP) is 7.11. The molecule has 48 heavy (non-hydrogen) atoms. The van der Waals surface area contributed by atoms with Crippen LogP contribution in [0.25, 0.3) is 0 Å². The van der Waals surface area contributed by atoms with Crippen LogP contribution in [0, 0.1) is 10.1 Å². The van der Waals surface area contributed by atoms with Crippen molar-refractivity contribution < 1.29 is 33.5 Å². The first-order chi connectivity index (χ1) is 23.3. The molecule has 2 aliphatic heterocycles. The molecule has 11 nitrogen and oxygen atoms in total. The van der Waals surface area contributed by atoms with Gasteiger partial charge in [-0.15, -0.1) is 0 Å². The number of nitro groups is 1. The molecule has 11 heteroatoms. The van der Waals surface area contributed by atoms with Crippen molar-refractivity contribution in [3.8, 4) is 28.7 Å². The van der Waals surface area contributed by atoms with Crippen LogP contribution in [0.3, 0.4) is 0 Å². The smallest absolute Gasteiger partial charge is 0.350 e. The number of fused-ring (bicyclic) bond motifs is 6. The average Bonchev–Trinajstić information content (AvgIpc) is 3.35. The van der Waals surface area contributed by atoms with E-state index in [9.17, 15) is 19.7 Å². The maximum Gasteiger partial charge on any atom is 0.350 e. The summed E-state index contributed by atoms with van der Waals surface area (Å²) in [6.45, 7) is 2.29. The van der Waals surface area contributed by atoms with E-state index in [1.807, 2.05) is 43.3 Å². The van der Waals surface area contributed by atoms with Crippen molar-refractivity contribution in [1.29, 1.82) is 0 Å². The Bertz CT molecular complexity index is 2130. The first-order valence-corrected chi connectivity index (χ1v) is 15.0. The lowest BCUT2D eigenvalue weighted by Crippen LogP contribution is -2.44. The van der Waals surface area contributed by atoms with Crippen LogP contribution in [0.15, 0.2) is 114 Å². The zero-order chi connectivity index (χ0) is 33.4. The van der Waals surface area contributed by atoms with Crippen LogP contribution >= 0.6 is 0 Å². The molecule has 5 aromatic rings. The number of rotatable bonds is 8. The molecule has 0 saturated carbocycles. The lowest BCUT2D eigenvalue weighted by Gasteiger charge is -2.41. The Kier molecular flexibility index (Phi) is 7.56. The van der Waals surface area contributed by atoms with Crippen LogP contribution in [-0.2, 0) is 5.54 Å². The molecule has 7 rings (SSSR count). The molecule has 1 amide bonds. The van der Waals surface area contributed by atoms with Crippen molar-refractivity contribution in [2.45, 2.75) is 12.5 Å². The lowest BCUT2D eigenvalue weighted by molar-refractivity contribution is -0.385. The fraction of sp³-hybridized carbons (Fsp3) is 0.108. The quantitative estimate of drug-likeness (QED) is 0.0576. The zero-order valence-electron chi connectivity index (χ0n) is 25.8. The Balaban J connectivity index is 1.39. The number of hydrogen-bond acceptors (Lipinski definition) is 9. The minimum atomic E-state index is -1.29. The predicted molar refractivity (Wildman–Crippen MR) is 175 cm³/mol. The minimum absolute atomic E-state index is 0.0855. The zero-order valence-corrected chi connectivity index (χ0v) is 25.8. The molecule has 238 valence electrons. The van der Waals surface area contributed by atoms with E-state index in [2.05, 4.69) is 0 Å². The topological polar surface area (TPSA) is 130 Å². The summed E-state index contributed by atoms with van der Waals surface area (Å²) in [7, 11) is 1.59. The van der Waals surface area contributed by atoms with Gasteiger partial charge in [-0.25, -0.2) is 9.80 Å². The third-order valence-electron chi connectivity index (χ3n) is 8.24. The monoisotopic (exact) mass is 641 g/mol. The maximum absolute atomic E-state index is 14.2. The Hall–Kier alpha value is -6.49. The molecular formula is C37H27N3O8. The summed E-state index contributed by atoms with van der Waals surface area (Å²) in [6, 6.07) is 30.3. The molecule has 5 aromatic carbocycles. The van der Waals surface area contributed by atoms with Gasteiger partial charge in [0.1, 0.15) is 39.8 Å². The third kappa shape index (κ3) is 4.89. The van der Waals surface area contributed by atoms with Gasteiger partial charge in [-0.2, -0.15) is 5.10 Å². The van der Waals surface area contributed by atoms with Gasteiger partial charge in [0.25, 0.3) is 11.6 Å². The number of nitrogens with zero attached hydrogens (tertiary/aromatic N) is 3. The molecular weight excluding hydrogens is 614 g/mol. The number of hydrazone groups is 1. The van der Waals surface area contributed by atoms with Crippen LogP contribution in [0.1, 0.15) is 49.9 Å². The summed E-state index contributed by atoms with van der Waals surface area (Å²) in [4.78, 5) is 38.3. The molecule has 0 bridgehead atoms. The third-order valence-corrected chi connectivity index (χ3v) is 8.24. The van der Waals surface area contributed by atoms with Gasteiger partial charge in [0, 0.05) is 40.5 Å². The van der Waals surface area contributed by atoms with Crippen molar-refractivity contribution in [2.24, 2.45) is 5.10 Å². The summed E-state index contributed by atoms with van der Waals surface area (Å²) < 4.78 is 23.1. The number of ether oxygens (including phenoxy) is 4. The lowest BCUT2D eigenvalue weighted by atomic mass is 9.75. The van der Waals surface area contributed by atoms with Crippen LogP contribution in [0.2, 0.25) is 0 Å². The molecule has 2 aliphatic rings. The molecule has 0 aromatic heterocycles. The second-order valence-electron chi connectivity index (χ2n) is 10.9. The van der Waals surface area contributed by atoms with E-state index in [4.69, 9.17) is 24.0 Å². The van der Waals surface area contributed by atoms with Gasteiger partial charge in [0.15, 0.2) is 0 Å². The van der Waals surface area contributed by atoms with Crippen LogP contribution in [-0.4, -0.2) is 41.7 Å². The van der Waals surface area contributed by atoms with Gasteiger partial charge in [0.2, 0.25) is 0 Å². The number of esters is 1. The molecule has 1 spiro atoms. The fourth-order valence-corrected chi connectivity index (χ4v) is 6.16. The Morgan fingerprint density at radius 3 is 2.23 bits per heavy atom. The van der Waals surface area contributed by atoms with E-state index >= 15 is 0 Å². The Labute approximate surface area is 274 Å². The van der Waals surface area contributed by atoms with E-state index in [1.54, 1.807) is 55.8 Å². The second-order valence-corrected chi connectivity index (χ2v) is 10.9. The van der Waals surface area contributed by atoms with Crippen molar-refractivity contribution in [1.82, 2.24) is 5.01 Å². The van der Waals surface area contributed by atoms with Crippen molar-refractivity contribution in [3.63, 3.8) is 0 Å². The minimum Gasteiger partial charge on any atom is -0.497 e. The first kappa shape index (κ1) is 30.2. The van der Waals surface area contributed by atoms with E-state index < -0.39 is 16.4 Å². The number of carbonyl (C=O) groups is 2. The van der Waals surface area contributed by atoms with Crippen molar-refractivity contribution in [3.05, 3.63) is 153 Å². The summed E-state index contributed by atoms with van der Waals surface area (Å²) in [5.74, 6) is 0.794. The van der Waals surface area contributed by atoms with E-state index in [1.165, 1.54) is 35.3 Å². The maximum atomic E-state index is 14.2. The largest absolute Gasteiger partial charge is 0.497 e. The average molecular weight is 642 g/mol. The molecule has 0 N–H and O–H groups in total. The van der Waals surface area contributed by atoms with Gasteiger partial charge in [-0.05, 0) is 73.2 Å². The molecule has 0 radical (unpaired) electrons. The van der Waals surface area contributed by atoms with Crippen LogP contribution < -0.4 is 18.9 Å². The standard InChI is InChI=1S/C37H27N3O8/c1-3-46-25-16-18-30-33(20-25)48-34-21-26(47-36(42)28-9-5-7-11-32(28)40(43)44)17-19-31(34)37(30)29-10-6-4-8-27(29)35(41)39(37)38-22-23-12-14-24(45-2)15-13-23/h4-22H,3H2,1-2H3/b38-22+. The molecule has 0 aliphatic carbocycles. The van der Waals surface area contributed by atoms with Gasteiger partial charge >= 0.3 is 5.97 Å². The number of methoxy groups -OCH3 is 1. The van der Waals surface area contributed by atoms with Crippen LogP contribution in [0.4, 0.5) is 5.69 Å². The second kappa shape index (κ2) is 12.0. The molecule has 1 unspecified atom stereocenters. The molecule has 2 heterocycles. The van der Waals surface area contributed by atoms with Gasteiger partial charge in [-0.3, -0.25) is 14.9 Å². The summed E-state index contributed by atoms with van der Waals surface area (Å²) in [5.41, 5.74) is 1.24. The molecule has 1 atom stereocenters. The highest BCUT2D eigenvalue weighted by atomic mass is 16.6. The summed E-state index contributed by atoms with van der Waals surface area (Å²) in [6.07, 6.45) is 1.61. The summed E-state index contributed by atoms with van der Waals surface area (Å²) in [5, 5.41) is 17.8. The number of benzene rings is 5. The SMILES string of the molecule is CCOc1ccc2c(c1)Oc1cc(OC(=O)c3ccccc3[N+](=O)[O-])ccc1C21c2ccccc2C(=O)N1/N=C/c1ccc(OC)cc1. The summed E-state index contributed by atoms with van der Waals surface area (Å²) >= 11 is 0. The van der Waals surface area contributed by atoms with Gasteiger partial charge in [0.05, 0.1) is 24.9 Å². The van der Waals surface area contributed by atoms with Crippen molar-refractivity contribution in [2.75, 3.05) is 13.7 Å². The number of amides is 1. The van der Waals surface area contributed by atoms with E-state index in [0.717, 1.165) is 5.56 Å². The Morgan fingerprint density at radius 2 is 1.52 bits per heavy atom. The fourth-order valence-electron chi connectivity index (χ4n) is 6.16. The van der Waals surface area contributed by atoms with E-state index in [-0.39, 0.29) is 28.7 Å². The first-order valence-electron chi connectivity index (χ1n) is 15.0. The number of carbonyl (C=O) groups excluding carboxylic acids is 2. The normalized spacial score (nSPS) is 15.8. The van der Waals surface area contributed by atoms with Crippen LogP contribution in [0.5, 0.6) is 28.7 Å². The molecule has 0 fully saturated rings. The number of hydrogen-bond donors (Lipinski definition) is 0. The molecule has 0 saturated heterocycles. The van der Waals surface area contributed by atoms with E-state index in [0.29, 0.717) is 46.1 Å². The highest BCUT2D eigenvalue weighted by Crippen LogP contribution is 2.58. The van der Waals surface area contributed by atoms with Gasteiger partial charge < -0.3 is 18.9 Å². The number of nitro benzene ring substituents is 1.